The maximum atomic E-state index is 11.8. The van der Waals surface area contributed by atoms with Gasteiger partial charge in [0.2, 0.25) is 5.91 Å². The first-order valence-electron chi connectivity index (χ1n) is 6.16. The van der Waals surface area contributed by atoms with E-state index in [-0.39, 0.29) is 24.1 Å². The summed E-state index contributed by atoms with van der Waals surface area (Å²) in [6.07, 6.45) is 1.46. The van der Waals surface area contributed by atoms with Gasteiger partial charge in [-0.15, -0.1) is 11.3 Å². The molecule has 0 radical (unpaired) electrons. The zero-order valence-electron chi connectivity index (χ0n) is 11.2. The lowest BCUT2D eigenvalue weighted by Crippen LogP contribution is -2.27. The van der Waals surface area contributed by atoms with Gasteiger partial charge in [-0.25, -0.2) is 4.98 Å². The van der Waals surface area contributed by atoms with Gasteiger partial charge in [0.15, 0.2) is 4.34 Å². The summed E-state index contributed by atoms with van der Waals surface area (Å²) in [7, 11) is 0. The summed E-state index contributed by atoms with van der Waals surface area (Å²) in [6.45, 7) is 1.84. The summed E-state index contributed by atoms with van der Waals surface area (Å²) >= 11 is 2.63. The number of rotatable bonds is 7. The highest BCUT2D eigenvalue weighted by molar-refractivity contribution is 8.01. The van der Waals surface area contributed by atoms with E-state index in [0.717, 1.165) is 0 Å². The number of hydrogen-bond acceptors (Lipinski definition) is 6. The summed E-state index contributed by atoms with van der Waals surface area (Å²) in [5.41, 5.74) is 0.513. The second kappa shape index (κ2) is 7.28. The van der Waals surface area contributed by atoms with Crippen molar-refractivity contribution in [2.45, 2.75) is 23.7 Å². The minimum Gasteiger partial charge on any atom is -0.481 e. The van der Waals surface area contributed by atoms with Crippen molar-refractivity contribution in [2.75, 3.05) is 5.75 Å². The van der Waals surface area contributed by atoms with Crippen molar-refractivity contribution in [3.8, 4) is 0 Å². The van der Waals surface area contributed by atoms with Crippen molar-refractivity contribution in [1.82, 2.24) is 10.3 Å². The number of carbonyl (C=O) groups excluding carboxylic acids is 1. The molecule has 2 aromatic rings. The van der Waals surface area contributed by atoms with Gasteiger partial charge in [-0.3, -0.25) is 9.59 Å². The minimum absolute atomic E-state index is 0.0984. The topological polar surface area (TPSA) is 92.4 Å². The third kappa shape index (κ3) is 4.91. The van der Waals surface area contributed by atoms with Crippen molar-refractivity contribution in [1.29, 1.82) is 0 Å². The van der Waals surface area contributed by atoms with Gasteiger partial charge in [0.1, 0.15) is 5.76 Å². The van der Waals surface area contributed by atoms with Gasteiger partial charge in [-0.05, 0) is 19.1 Å². The molecule has 2 heterocycles. The number of amides is 1. The number of carboxylic acids is 1. The summed E-state index contributed by atoms with van der Waals surface area (Å²) in [6, 6.07) is 3.38. The van der Waals surface area contributed by atoms with Crippen LogP contribution in [0.2, 0.25) is 0 Å². The van der Waals surface area contributed by atoms with Gasteiger partial charge in [0.05, 0.1) is 30.2 Å². The van der Waals surface area contributed by atoms with Crippen LogP contribution in [0.15, 0.2) is 32.5 Å². The van der Waals surface area contributed by atoms with Crippen molar-refractivity contribution >= 4 is 35.0 Å². The molecule has 1 unspecified atom stereocenters. The molecule has 112 valence electrons. The molecule has 8 heteroatoms. The molecule has 1 amide bonds. The molecule has 2 N–H and O–H groups in total. The zero-order valence-corrected chi connectivity index (χ0v) is 12.9. The number of furan rings is 1. The lowest BCUT2D eigenvalue weighted by atomic mass is 10.2. The van der Waals surface area contributed by atoms with Crippen LogP contribution in [0.4, 0.5) is 0 Å². The number of nitrogens with zero attached hydrogens (tertiary/aromatic N) is 1. The predicted molar refractivity (Wildman–Crippen MR) is 79.4 cm³/mol. The van der Waals surface area contributed by atoms with E-state index in [1.54, 1.807) is 23.8 Å². The number of hydrogen-bond donors (Lipinski definition) is 2. The average Bonchev–Trinajstić information content (AvgIpc) is 3.06. The van der Waals surface area contributed by atoms with Crippen LogP contribution < -0.4 is 5.32 Å². The van der Waals surface area contributed by atoms with E-state index < -0.39 is 5.97 Å². The second-order valence-corrected chi connectivity index (χ2v) is 6.35. The standard InChI is InChI=1S/C13H14N2O4S2/c1-8(10-3-2-4-19-10)14-11(16)7-21-13-15-9(6-20-13)5-12(17)18/h2-4,6,8H,5,7H2,1H3,(H,14,16)(H,17,18). The molecule has 0 aliphatic heterocycles. The fourth-order valence-corrected chi connectivity index (χ4v) is 3.27. The molecular formula is C13H14N2O4S2. The molecule has 2 aromatic heterocycles. The summed E-state index contributed by atoms with van der Waals surface area (Å²) in [5.74, 6) is -0.113. The molecule has 0 fully saturated rings. The highest BCUT2D eigenvalue weighted by atomic mass is 32.2. The molecule has 2 rings (SSSR count). The first kappa shape index (κ1) is 15.6. The van der Waals surface area contributed by atoms with Crippen LogP contribution in [0.5, 0.6) is 0 Å². The number of carboxylic acid groups (broad SMARTS) is 1. The third-order valence-corrected chi connectivity index (χ3v) is 4.61. The fraction of sp³-hybridized carbons (Fsp3) is 0.308. The maximum Gasteiger partial charge on any atom is 0.309 e. The Balaban J connectivity index is 1.78. The molecule has 0 spiro atoms. The smallest absolute Gasteiger partial charge is 0.309 e. The average molecular weight is 326 g/mol. The number of carbonyl (C=O) groups is 2. The Morgan fingerprint density at radius 2 is 2.38 bits per heavy atom. The van der Waals surface area contributed by atoms with Gasteiger partial charge in [0.25, 0.3) is 0 Å². The highest BCUT2D eigenvalue weighted by Crippen LogP contribution is 2.23. The van der Waals surface area contributed by atoms with E-state index in [2.05, 4.69) is 10.3 Å². The van der Waals surface area contributed by atoms with E-state index in [4.69, 9.17) is 9.52 Å². The first-order chi connectivity index (χ1) is 10.0. The molecule has 0 saturated heterocycles. The quantitative estimate of drug-likeness (QED) is 0.759. The second-order valence-electron chi connectivity index (χ2n) is 4.27. The van der Waals surface area contributed by atoms with Gasteiger partial charge in [-0.2, -0.15) is 0 Å². The Morgan fingerprint density at radius 3 is 3.05 bits per heavy atom. The van der Waals surface area contributed by atoms with E-state index in [9.17, 15) is 9.59 Å². The molecule has 6 nitrogen and oxygen atoms in total. The minimum atomic E-state index is -0.915. The van der Waals surface area contributed by atoms with Crippen LogP contribution in [0.1, 0.15) is 24.4 Å². The van der Waals surface area contributed by atoms with Crippen molar-refractivity contribution in [3.05, 3.63) is 35.2 Å². The Bertz CT molecular complexity index is 609. The van der Waals surface area contributed by atoms with Crippen LogP contribution in [-0.2, 0) is 16.0 Å². The fourth-order valence-electron chi connectivity index (χ4n) is 1.61. The van der Waals surface area contributed by atoms with Gasteiger partial charge in [0, 0.05) is 5.38 Å². The Hall–Kier alpha value is -1.80. The van der Waals surface area contributed by atoms with E-state index in [1.165, 1.54) is 23.1 Å². The van der Waals surface area contributed by atoms with Gasteiger partial charge in [-0.1, -0.05) is 11.8 Å². The Morgan fingerprint density at radius 1 is 1.57 bits per heavy atom. The van der Waals surface area contributed by atoms with Gasteiger partial charge < -0.3 is 14.8 Å². The first-order valence-corrected chi connectivity index (χ1v) is 8.03. The van der Waals surface area contributed by atoms with Crippen LogP contribution >= 0.6 is 23.1 Å². The lowest BCUT2D eigenvalue weighted by molar-refractivity contribution is -0.136. The Kier molecular flexibility index (Phi) is 5.40. The molecule has 0 bridgehead atoms. The molecule has 1 atom stereocenters. The molecule has 21 heavy (non-hydrogen) atoms. The Labute approximate surface area is 129 Å². The molecule has 0 aromatic carbocycles. The van der Waals surface area contributed by atoms with E-state index in [1.807, 2.05) is 6.92 Å². The number of thioether (sulfide) groups is 1. The number of nitrogens with one attached hydrogen (secondary N) is 1. The van der Waals surface area contributed by atoms with Crippen LogP contribution in [0.25, 0.3) is 0 Å². The van der Waals surface area contributed by atoms with Crippen molar-refractivity contribution < 1.29 is 19.1 Å². The van der Waals surface area contributed by atoms with Crippen LogP contribution in [0, 0.1) is 0 Å². The van der Waals surface area contributed by atoms with Crippen molar-refractivity contribution in [3.63, 3.8) is 0 Å². The summed E-state index contributed by atoms with van der Waals surface area (Å²) < 4.78 is 5.90. The van der Waals surface area contributed by atoms with Gasteiger partial charge >= 0.3 is 5.97 Å². The van der Waals surface area contributed by atoms with Crippen LogP contribution in [-0.4, -0.2) is 27.7 Å². The zero-order chi connectivity index (χ0) is 15.2. The lowest BCUT2D eigenvalue weighted by Gasteiger charge is -2.10. The highest BCUT2D eigenvalue weighted by Gasteiger charge is 2.13. The SMILES string of the molecule is CC(NC(=O)CSc1nc(CC(=O)O)cs1)c1ccco1. The van der Waals surface area contributed by atoms with E-state index >= 15 is 0 Å². The number of aromatic nitrogens is 1. The third-order valence-electron chi connectivity index (χ3n) is 2.54. The molecular weight excluding hydrogens is 312 g/mol. The molecule has 0 saturated carbocycles. The maximum absolute atomic E-state index is 11.8. The number of thiazole rings is 1. The van der Waals surface area contributed by atoms with Crippen molar-refractivity contribution in [2.24, 2.45) is 0 Å². The largest absolute Gasteiger partial charge is 0.481 e. The number of aliphatic carboxylic acids is 1. The molecule has 0 aliphatic carbocycles. The van der Waals surface area contributed by atoms with Crippen LogP contribution in [0.3, 0.4) is 0 Å². The van der Waals surface area contributed by atoms with E-state index in [0.29, 0.717) is 15.8 Å². The summed E-state index contributed by atoms with van der Waals surface area (Å²) in [4.78, 5) is 26.5. The predicted octanol–water partition coefficient (Wildman–Crippen LogP) is 2.33. The molecule has 0 aliphatic rings. The summed E-state index contributed by atoms with van der Waals surface area (Å²) in [5, 5.41) is 13.2. The normalized spacial score (nSPS) is 12.0. The monoisotopic (exact) mass is 326 g/mol.